The average molecular weight is 224 g/mol. The van der Waals surface area contributed by atoms with Crippen LogP contribution in [0.1, 0.15) is 18.9 Å². The molecule has 0 radical (unpaired) electrons. The Labute approximate surface area is 95.3 Å². The molecular weight excluding hydrogens is 210 g/mol. The van der Waals surface area contributed by atoms with Crippen LogP contribution in [0.15, 0.2) is 18.2 Å². The first-order valence-corrected chi connectivity index (χ1v) is 5.20. The number of phenols is 1. The largest absolute Gasteiger partial charge is 0.506 e. The van der Waals surface area contributed by atoms with Crippen LogP contribution in [0.25, 0.3) is 0 Å². The number of aromatic hydroxyl groups is 1. The summed E-state index contributed by atoms with van der Waals surface area (Å²) in [7, 11) is 0. The zero-order chi connectivity index (χ0) is 11.1. The summed E-state index contributed by atoms with van der Waals surface area (Å²) in [5.41, 5.74) is 0.812. The minimum atomic E-state index is 0.160. The van der Waals surface area contributed by atoms with Crippen LogP contribution in [0, 0.1) is 11.8 Å². The lowest BCUT2D eigenvalue weighted by Gasteiger charge is -2.06. The van der Waals surface area contributed by atoms with Gasteiger partial charge in [-0.05, 0) is 13.0 Å². The molecule has 0 aliphatic rings. The molecule has 0 aliphatic carbocycles. The van der Waals surface area contributed by atoms with Gasteiger partial charge in [0, 0.05) is 25.1 Å². The lowest BCUT2D eigenvalue weighted by atomic mass is 10.2. The van der Waals surface area contributed by atoms with Crippen LogP contribution in [0.2, 0.25) is 5.02 Å². The first-order valence-electron chi connectivity index (χ1n) is 4.82. The van der Waals surface area contributed by atoms with Gasteiger partial charge in [-0.3, -0.25) is 0 Å². The van der Waals surface area contributed by atoms with Gasteiger partial charge in [0.2, 0.25) is 0 Å². The topological polar surface area (TPSA) is 32.3 Å². The van der Waals surface area contributed by atoms with E-state index in [0.29, 0.717) is 11.6 Å². The summed E-state index contributed by atoms with van der Waals surface area (Å²) in [6, 6.07) is 5.34. The third-order valence-corrected chi connectivity index (χ3v) is 2.29. The van der Waals surface area contributed by atoms with E-state index >= 15 is 0 Å². The maximum atomic E-state index is 9.60. The molecule has 0 amide bonds. The van der Waals surface area contributed by atoms with Crippen LogP contribution in [-0.2, 0) is 6.54 Å². The molecule has 0 fully saturated rings. The highest BCUT2D eigenvalue weighted by atomic mass is 35.5. The van der Waals surface area contributed by atoms with Crippen molar-refractivity contribution >= 4 is 11.6 Å². The van der Waals surface area contributed by atoms with Gasteiger partial charge in [0.1, 0.15) is 5.75 Å². The van der Waals surface area contributed by atoms with Crippen molar-refractivity contribution in [2.24, 2.45) is 0 Å². The van der Waals surface area contributed by atoms with Crippen molar-refractivity contribution in [3.8, 4) is 17.6 Å². The van der Waals surface area contributed by atoms with E-state index in [4.69, 9.17) is 11.6 Å². The van der Waals surface area contributed by atoms with Gasteiger partial charge in [0.05, 0.1) is 5.02 Å². The lowest BCUT2D eigenvalue weighted by molar-refractivity contribution is 0.465. The Bertz CT molecular complexity index is 379. The second-order valence-corrected chi connectivity index (χ2v) is 3.51. The van der Waals surface area contributed by atoms with Crippen LogP contribution in [0.5, 0.6) is 5.75 Å². The summed E-state index contributed by atoms with van der Waals surface area (Å²) < 4.78 is 0. The number of hydrogen-bond acceptors (Lipinski definition) is 2. The predicted octanol–water partition coefficient (Wildman–Crippen LogP) is 2.55. The highest BCUT2D eigenvalue weighted by Crippen LogP contribution is 2.26. The van der Waals surface area contributed by atoms with Crippen LogP contribution >= 0.6 is 11.6 Å². The number of hydrogen-bond donors (Lipinski definition) is 2. The Hall–Kier alpha value is -1.17. The van der Waals surface area contributed by atoms with Crippen molar-refractivity contribution < 1.29 is 5.11 Å². The summed E-state index contributed by atoms with van der Waals surface area (Å²) in [5.74, 6) is 5.95. The highest BCUT2D eigenvalue weighted by Gasteiger charge is 2.03. The molecule has 0 saturated heterocycles. The number of para-hydroxylation sites is 1. The third kappa shape index (κ3) is 3.83. The SMILES string of the molecule is CC#CCCNCc1cccc(Cl)c1O. The molecule has 1 aromatic rings. The Morgan fingerprint density at radius 1 is 1.47 bits per heavy atom. The van der Waals surface area contributed by atoms with Crippen molar-refractivity contribution in [1.82, 2.24) is 5.32 Å². The smallest absolute Gasteiger partial charge is 0.138 e. The molecule has 0 saturated carbocycles. The van der Waals surface area contributed by atoms with E-state index in [-0.39, 0.29) is 5.75 Å². The quantitative estimate of drug-likeness (QED) is 0.608. The monoisotopic (exact) mass is 223 g/mol. The van der Waals surface area contributed by atoms with Crippen molar-refractivity contribution in [3.05, 3.63) is 28.8 Å². The molecule has 0 bridgehead atoms. The molecule has 15 heavy (non-hydrogen) atoms. The first kappa shape index (κ1) is 11.9. The van der Waals surface area contributed by atoms with Crippen LogP contribution in [0.4, 0.5) is 0 Å². The molecule has 0 atom stereocenters. The normalized spacial score (nSPS) is 9.47. The van der Waals surface area contributed by atoms with E-state index in [2.05, 4.69) is 17.2 Å². The molecule has 3 heteroatoms. The predicted molar refractivity (Wildman–Crippen MR) is 62.9 cm³/mol. The summed E-state index contributed by atoms with van der Waals surface area (Å²) in [4.78, 5) is 0. The van der Waals surface area contributed by atoms with E-state index in [1.54, 1.807) is 6.07 Å². The molecule has 1 rings (SSSR count). The molecule has 1 aromatic carbocycles. The van der Waals surface area contributed by atoms with Gasteiger partial charge < -0.3 is 10.4 Å². The maximum Gasteiger partial charge on any atom is 0.138 e. The van der Waals surface area contributed by atoms with Gasteiger partial charge in [-0.1, -0.05) is 23.7 Å². The molecule has 0 aromatic heterocycles. The van der Waals surface area contributed by atoms with Crippen molar-refractivity contribution in [2.45, 2.75) is 19.9 Å². The fourth-order valence-corrected chi connectivity index (χ4v) is 1.40. The summed E-state index contributed by atoms with van der Waals surface area (Å²) >= 11 is 5.78. The van der Waals surface area contributed by atoms with Gasteiger partial charge in [-0.25, -0.2) is 0 Å². The molecule has 2 nitrogen and oxygen atoms in total. The van der Waals surface area contributed by atoms with Gasteiger partial charge in [0.15, 0.2) is 0 Å². The Kier molecular flexibility index (Phi) is 5.03. The lowest BCUT2D eigenvalue weighted by Crippen LogP contribution is -2.14. The molecule has 0 spiro atoms. The van der Waals surface area contributed by atoms with Crippen LogP contribution in [0.3, 0.4) is 0 Å². The number of phenolic OH excluding ortho intramolecular Hbond substituents is 1. The maximum absolute atomic E-state index is 9.60. The third-order valence-electron chi connectivity index (χ3n) is 1.99. The fraction of sp³-hybridized carbons (Fsp3) is 0.333. The summed E-state index contributed by atoms with van der Waals surface area (Å²) in [5, 5.41) is 13.2. The van der Waals surface area contributed by atoms with Crippen molar-refractivity contribution in [2.75, 3.05) is 6.54 Å². The highest BCUT2D eigenvalue weighted by molar-refractivity contribution is 6.32. The standard InChI is InChI=1S/C12H14ClNO/c1-2-3-4-8-14-9-10-6-5-7-11(13)12(10)15/h5-7,14-15H,4,8-9H2,1H3. The van der Waals surface area contributed by atoms with Crippen molar-refractivity contribution in [1.29, 1.82) is 0 Å². The Morgan fingerprint density at radius 3 is 3.00 bits per heavy atom. The number of rotatable bonds is 4. The first-order chi connectivity index (χ1) is 7.25. The summed E-state index contributed by atoms with van der Waals surface area (Å²) in [6.45, 7) is 3.24. The fourth-order valence-electron chi connectivity index (χ4n) is 1.20. The zero-order valence-corrected chi connectivity index (χ0v) is 9.43. The van der Waals surface area contributed by atoms with Gasteiger partial charge in [0.25, 0.3) is 0 Å². The van der Waals surface area contributed by atoms with Gasteiger partial charge in [-0.2, -0.15) is 0 Å². The minimum Gasteiger partial charge on any atom is -0.506 e. The minimum absolute atomic E-state index is 0.160. The van der Waals surface area contributed by atoms with E-state index in [1.807, 2.05) is 19.1 Å². The molecule has 0 heterocycles. The van der Waals surface area contributed by atoms with Gasteiger partial charge >= 0.3 is 0 Å². The zero-order valence-electron chi connectivity index (χ0n) is 8.68. The molecular formula is C12H14ClNO. The molecule has 2 N–H and O–H groups in total. The Balaban J connectivity index is 2.43. The number of halogens is 1. The van der Waals surface area contributed by atoms with E-state index in [0.717, 1.165) is 18.5 Å². The molecule has 0 aliphatic heterocycles. The Morgan fingerprint density at radius 2 is 2.27 bits per heavy atom. The molecule has 80 valence electrons. The number of benzene rings is 1. The van der Waals surface area contributed by atoms with Crippen molar-refractivity contribution in [3.63, 3.8) is 0 Å². The van der Waals surface area contributed by atoms with Crippen LogP contribution in [-0.4, -0.2) is 11.7 Å². The van der Waals surface area contributed by atoms with E-state index in [1.165, 1.54) is 0 Å². The number of nitrogens with one attached hydrogen (secondary N) is 1. The molecule has 0 unspecified atom stereocenters. The second-order valence-electron chi connectivity index (χ2n) is 3.10. The van der Waals surface area contributed by atoms with E-state index in [9.17, 15) is 5.11 Å². The van der Waals surface area contributed by atoms with Crippen LogP contribution < -0.4 is 5.32 Å². The van der Waals surface area contributed by atoms with E-state index < -0.39 is 0 Å². The summed E-state index contributed by atoms with van der Waals surface area (Å²) in [6.07, 6.45) is 0.817. The second kappa shape index (κ2) is 6.34. The average Bonchev–Trinajstić information content (AvgIpc) is 2.24. The van der Waals surface area contributed by atoms with Gasteiger partial charge in [-0.15, -0.1) is 11.8 Å².